The lowest BCUT2D eigenvalue weighted by Gasteiger charge is -2.40. The minimum atomic E-state index is 0.0194. The maximum Gasteiger partial charge on any atom is 0.238 e. The molecule has 3 N–H and O–H groups in total. The summed E-state index contributed by atoms with van der Waals surface area (Å²) in [5.41, 5.74) is 6.38. The number of rotatable bonds is 3. The lowest BCUT2D eigenvalue weighted by Crippen LogP contribution is -2.44. The predicted molar refractivity (Wildman–Crippen MR) is 69.7 cm³/mol. The van der Waals surface area contributed by atoms with Crippen molar-refractivity contribution in [1.29, 1.82) is 0 Å². The molecule has 6 nitrogen and oxygen atoms in total. The molecular formula is C11H15ClN6. The molecule has 0 atom stereocenters. The second-order valence-corrected chi connectivity index (χ2v) is 5.16. The van der Waals surface area contributed by atoms with Crippen LogP contribution in [0.4, 0.5) is 5.95 Å². The van der Waals surface area contributed by atoms with E-state index in [2.05, 4.69) is 20.4 Å². The van der Waals surface area contributed by atoms with Crippen LogP contribution in [0.15, 0.2) is 6.20 Å². The van der Waals surface area contributed by atoms with Crippen LogP contribution in [-0.2, 0) is 5.41 Å². The van der Waals surface area contributed by atoms with Crippen molar-refractivity contribution in [2.45, 2.75) is 24.7 Å². The van der Waals surface area contributed by atoms with Crippen LogP contribution in [0.3, 0.4) is 0 Å². The summed E-state index contributed by atoms with van der Waals surface area (Å²) in [5, 5.41) is 7.90. The quantitative estimate of drug-likeness (QED) is 0.866. The number of halogens is 1. The summed E-state index contributed by atoms with van der Waals surface area (Å²) in [7, 11) is 1.95. The average Bonchev–Trinajstić information content (AvgIpc) is 2.61. The predicted octanol–water partition coefficient (Wildman–Crippen LogP) is 1.00. The molecule has 7 heteroatoms. The van der Waals surface area contributed by atoms with Crippen LogP contribution in [0, 0.1) is 0 Å². The van der Waals surface area contributed by atoms with E-state index >= 15 is 0 Å². The first-order valence-corrected chi connectivity index (χ1v) is 6.36. The topological polar surface area (TPSA) is 81.1 Å². The Morgan fingerprint density at radius 2 is 2.33 bits per heavy atom. The number of hydrogen-bond acceptors (Lipinski definition) is 5. The lowest BCUT2D eigenvalue weighted by atomic mass is 9.68. The van der Waals surface area contributed by atoms with E-state index in [4.69, 9.17) is 17.3 Å². The van der Waals surface area contributed by atoms with Crippen molar-refractivity contribution in [3.63, 3.8) is 0 Å². The molecule has 96 valence electrons. The zero-order chi connectivity index (χ0) is 12.8. The highest BCUT2D eigenvalue weighted by Crippen LogP contribution is 2.43. The first-order chi connectivity index (χ1) is 8.66. The van der Waals surface area contributed by atoms with Crippen LogP contribution in [-0.4, -0.2) is 33.2 Å². The van der Waals surface area contributed by atoms with E-state index in [1.54, 1.807) is 10.7 Å². The molecule has 0 aromatic carbocycles. The molecule has 2 heterocycles. The molecule has 2 aromatic rings. The van der Waals surface area contributed by atoms with Crippen LogP contribution in [0.5, 0.6) is 0 Å². The van der Waals surface area contributed by atoms with E-state index < -0.39 is 0 Å². The van der Waals surface area contributed by atoms with Gasteiger partial charge in [0.25, 0.3) is 0 Å². The third-order valence-corrected chi connectivity index (χ3v) is 3.94. The number of nitrogens with one attached hydrogen (secondary N) is 1. The highest BCUT2D eigenvalue weighted by atomic mass is 35.5. The number of fused-ring (bicyclic) bond motifs is 1. The Hall–Kier alpha value is -1.40. The van der Waals surface area contributed by atoms with Crippen molar-refractivity contribution in [2.75, 3.05) is 19.3 Å². The van der Waals surface area contributed by atoms with Crippen molar-refractivity contribution >= 4 is 23.1 Å². The molecule has 0 unspecified atom stereocenters. The van der Waals surface area contributed by atoms with Gasteiger partial charge >= 0.3 is 0 Å². The minimum absolute atomic E-state index is 0.0194. The second-order valence-electron chi connectivity index (χ2n) is 4.80. The average molecular weight is 267 g/mol. The highest BCUT2D eigenvalue weighted by molar-refractivity contribution is 6.32. The number of nitrogens with zero attached hydrogens (tertiary/aromatic N) is 4. The molecule has 2 aromatic heterocycles. The van der Waals surface area contributed by atoms with Crippen molar-refractivity contribution in [3.8, 4) is 0 Å². The van der Waals surface area contributed by atoms with Crippen molar-refractivity contribution in [2.24, 2.45) is 0 Å². The Morgan fingerprint density at radius 3 is 2.94 bits per heavy atom. The number of anilines is 1. The molecular weight excluding hydrogens is 252 g/mol. The maximum atomic E-state index is 6.14. The molecule has 0 amide bonds. The zero-order valence-corrected chi connectivity index (χ0v) is 10.9. The third kappa shape index (κ3) is 1.56. The van der Waals surface area contributed by atoms with Crippen LogP contribution in [0.2, 0.25) is 5.15 Å². The number of aromatic nitrogens is 4. The summed E-state index contributed by atoms with van der Waals surface area (Å²) in [6.45, 7) is 0.867. The second kappa shape index (κ2) is 4.07. The van der Waals surface area contributed by atoms with Crippen molar-refractivity contribution in [1.82, 2.24) is 24.9 Å². The zero-order valence-electron chi connectivity index (χ0n) is 10.1. The Morgan fingerprint density at radius 1 is 1.56 bits per heavy atom. The molecule has 0 aliphatic heterocycles. The van der Waals surface area contributed by atoms with Gasteiger partial charge in [0, 0.05) is 12.0 Å². The smallest absolute Gasteiger partial charge is 0.238 e. The van der Waals surface area contributed by atoms with Gasteiger partial charge in [-0.1, -0.05) is 18.0 Å². The normalized spacial score (nSPS) is 17.9. The highest BCUT2D eigenvalue weighted by Gasteiger charge is 2.42. The maximum absolute atomic E-state index is 6.14. The molecule has 3 rings (SSSR count). The molecule has 1 aliphatic rings. The van der Waals surface area contributed by atoms with Gasteiger partial charge in [0.15, 0.2) is 5.15 Å². The fourth-order valence-corrected chi connectivity index (χ4v) is 2.84. The van der Waals surface area contributed by atoms with Crippen molar-refractivity contribution in [3.05, 3.63) is 17.2 Å². The van der Waals surface area contributed by atoms with Crippen LogP contribution >= 0.6 is 11.6 Å². The summed E-state index contributed by atoms with van der Waals surface area (Å²) in [6.07, 6.45) is 5.00. The summed E-state index contributed by atoms with van der Waals surface area (Å²) in [5.74, 6) is 1.12. The SMILES string of the molecule is CNCC1(c2nc(Cl)c3cnc(N)nn23)CCC1. The van der Waals surface area contributed by atoms with E-state index in [-0.39, 0.29) is 11.4 Å². The van der Waals surface area contributed by atoms with E-state index in [0.29, 0.717) is 10.7 Å². The minimum Gasteiger partial charge on any atom is -0.367 e. The number of hydrogen-bond donors (Lipinski definition) is 2. The van der Waals surface area contributed by atoms with Crippen LogP contribution in [0.25, 0.3) is 5.52 Å². The van der Waals surface area contributed by atoms with Gasteiger partial charge in [0.1, 0.15) is 11.3 Å². The first kappa shape index (κ1) is 11.7. The fourth-order valence-electron chi connectivity index (χ4n) is 2.63. The molecule has 1 saturated carbocycles. The van der Waals surface area contributed by atoms with Crippen LogP contribution < -0.4 is 11.1 Å². The van der Waals surface area contributed by atoms with E-state index in [1.165, 1.54) is 6.42 Å². The molecule has 18 heavy (non-hydrogen) atoms. The summed E-state index contributed by atoms with van der Waals surface area (Å²) in [6, 6.07) is 0. The Balaban J connectivity index is 2.19. The van der Waals surface area contributed by atoms with E-state index in [0.717, 1.165) is 25.2 Å². The van der Waals surface area contributed by atoms with Gasteiger partial charge in [-0.2, -0.15) is 0 Å². The van der Waals surface area contributed by atoms with Gasteiger partial charge in [-0.25, -0.2) is 14.5 Å². The molecule has 0 saturated heterocycles. The third-order valence-electron chi connectivity index (χ3n) is 3.67. The molecule has 1 fully saturated rings. The van der Waals surface area contributed by atoms with Crippen molar-refractivity contribution < 1.29 is 0 Å². The first-order valence-electron chi connectivity index (χ1n) is 5.98. The van der Waals surface area contributed by atoms with Gasteiger partial charge in [-0.05, 0) is 19.9 Å². The van der Waals surface area contributed by atoms with Gasteiger partial charge in [-0.15, -0.1) is 5.10 Å². The Labute approximate surface area is 110 Å². The fraction of sp³-hybridized carbons (Fsp3) is 0.545. The summed E-state index contributed by atoms with van der Waals surface area (Å²) < 4.78 is 1.74. The summed E-state index contributed by atoms with van der Waals surface area (Å²) >= 11 is 6.14. The number of nitrogen functional groups attached to an aromatic ring is 1. The summed E-state index contributed by atoms with van der Waals surface area (Å²) in [4.78, 5) is 8.43. The van der Waals surface area contributed by atoms with E-state index in [1.807, 2.05) is 7.05 Å². The lowest BCUT2D eigenvalue weighted by molar-refractivity contribution is 0.221. The molecule has 0 spiro atoms. The Bertz CT molecular complexity index is 588. The van der Waals surface area contributed by atoms with Gasteiger partial charge < -0.3 is 11.1 Å². The monoisotopic (exact) mass is 266 g/mol. The molecule has 0 bridgehead atoms. The van der Waals surface area contributed by atoms with E-state index in [9.17, 15) is 0 Å². The molecule has 0 radical (unpaired) electrons. The number of imidazole rings is 1. The Kier molecular flexibility index (Phi) is 2.64. The largest absolute Gasteiger partial charge is 0.367 e. The molecule has 1 aliphatic carbocycles. The standard InChI is InChI=1S/C11H15ClN6/c1-14-6-11(3-2-4-11)9-16-8(12)7-5-15-10(13)17-18(7)9/h5,14H,2-4,6H2,1H3,(H2,13,17). The van der Waals surface area contributed by atoms with Gasteiger partial charge in [0.2, 0.25) is 5.95 Å². The van der Waals surface area contributed by atoms with Crippen LogP contribution in [0.1, 0.15) is 25.1 Å². The van der Waals surface area contributed by atoms with Gasteiger partial charge in [0.05, 0.1) is 6.20 Å². The number of likely N-dealkylation sites (N-methyl/N-ethyl adjacent to an activating group) is 1. The van der Waals surface area contributed by atoms with Gasteiger partial charge in [-0.3, -0.25) is 0 Å². The number of nitrogens with two attached hydrogens (primary N) is 1.